The highest BCUT2D eigenvalue weighted by atomic mass is 16.2. The van der Waals surface area contributed by atoms with Crippen LogP contribution in [0, 0.1) is 0 Å². The summed E-state index contributed by atoms with van der Waals surface area (Å²) in [6, 6.07) is 5.26. The first kappa shape index (κ1) is 14.6. The molecule has 116 valence electrons. The van der Waals surface area contributed by atoms with Crippen molar-refractivity contribution in [3.05, 3.63) is 29.3 Å². The van der Waals surface area contributed by atoms with Gasteiger partial charge in [0.1, 0.15) is 6.04 Å². The number of amides is 3. The molecule has 2 aliphatic rings. The maximum atomic E-state index is 12.6. The molecular weight excluding hydrogens is 282 g/mol. The number of imide groups is 1. The van der Waals surface area contributed by atoms with Crippen LogP contribution in [0.1, 0.15) is 42.6 Å². The van der Waals surface area contributed by atoms with Gasteiger partial charge in [0.2, 0.25) is 11.8 Å². The summed E-state index contributed by atoms with van der Waals surface area (Å²) in [7, 11) is 0. The van der Waals surface area contributed by atoms with Crippen molar-refractivity contribution in [2.45, 2.75) is 45.3 Å². The molecule has 1 atom stereocenters. The number of nitrogens with zero attached hydrogens (tertiary/aromatic N) is 1. The number of carbonyl (C=O) groups is 3. The van der Waals surface area contributed by atoms with Gasteiger partial charge in [0.05, 0.1) is 0 Å². The average Bonchev–Trinajstić information content (AvgIpc) is 2.77. The standard InChI is InChI=1S/C16H19N3O3/c1-9(2)17-12-5-3-4-10-11(12)8-19(16(10)22)13-6-7-14(20)18-15(13)21/h3-5,9,13,17H,6-8H2,1-2H3,(H,18,20,21). The number of nitrogens with one attached hydrogen (secondary N) is 2. The minimum atomic E-state index is -0.565. The van der Waals surface area contributed by atoms with Crippen molar-refractivity contribution < 1.29 is 14.4 Å². The van der Waals surface area contributed by atoms with Crippen molar-refractivity contribution in [2.75, 3.05) is 5.32 Å². The highest BCUT2D eigenvalue weighted by Gasteiger charge is 2.39. The Morgan fingerprint density at radius 3 is 2.73 bits per heavy atom. The second kappa shape index (κ2) is 5.44. The Bertz CT molecular complexity index is 654. The molecule has 1 fully saturated rings. The monoisotopic (exact) mass is 301 g/mol. The second-order valence-corrected chi connectivity index (χ2v) is 6.03. The number of anilines is 1. The van der Waals surface area contributed by atoms with Crippen LogP contribution in [0.3, 0.4) is 0 Å². The van der Waals surface area contributed by atoms with E-state index in [1.807, 2.05) is 26.0 Å². The van der Waals surface area contributed by atoms with Gasteiger partial charge in [0.25, 0.3) is 5.91 Å². The third kappa shape index (κ3) is 2.45. The van der Waals surface area contributed by atoms with E-state index in [1.54, 1.807) is 11.0 Å². The predicted octanol–water partition coefficient (Wildman–Crippen LogP) is 1.27. The van der Waals surface area contributed by atoms with Gasteiger partial charge >= 0.3 is 0 Å². The van der Waals surface area contributed by atoms with Gasteiger partial charge in [-0.2, -0.15) is 0 Å². The molecule has 3 amide bonds. The van der Waals surface area contributed by atoms with Crippen LogP contribution < -0.4 is 10.6 Å². The van der Waals surface area contributed by atoms with Gasteiger partial charge in [-0.25, -0.2) is 0 Å². The molecule has 6 heteroatoms. The Labute approximate surface area is 128 Å². The van der Waals surface area contributed by atoms with Crippen LogP contribution in [0.4, 0.5) is 5.69 Å². The van der Waals surface area contributed by atoms with Gasteiger partial charge < -0.3 is 10.2 Å². The molecule has 0 spiro atoms. The van der Waals surface area contributed by atoms with Crippen LogP contribution >= 0.6 is 0 Å². The van der Waals surface area contributed by atoms with Crippen LogP contribution in [0.15, 0.2) is 18.2 Å². The highest BCUT2D eigenvalue weighted by Crippen LogP contribution is 2.32. The largest absolute Gasteiger partial charge is 0.383 e. The van der Waals surface area contributed by atoms with Crippen molar-refractivity contribution in [3.63, 3.8) is 0 Å². The molecule has 2 N–H and O–H groups in total. The lowest BCUT2D eigenvalue weighted by atomic mass is 10.0. The summed E-state index contributed by atoms with van der Waals surface area (Å²) >= 11 is 0. The van der Waals surface area contributed by atoms with Crippen molar-refractivity contribution >= 4 is 23.4 Å². The predicted molar refractivity (Wildman–Crippen MR) is 81.2 cm³/mol. The van der Waals surface area contributed by atoms with E-state index in [1.165, 1.54) is 0 Å². The third-order valence-corrected chi connectivity index (χ3v) is 4.03. The molecule has 22 heavy (non-hydrogen) atoms. The van der Waals surface area contributed by atoms with Gasteiger partial charge in [-0.1, -0.05) is 6.07 Å². The number of hydrogen-bond donors (Lipinski definition) is 2. The second-order valence-electron chi connectivity index (χ2n) is 6.03. The molecular formula is C16H19N3O3. The molecule has 1 saturated heterocycles. The molecule has 0 radical (unpaired) electrons. The first-order valence-corrected chi connectivity index (χ1v) is 7.50. The zero-order valence-electron chi connectivity index (χ0n) is 12.7. The zero-order chi connectivity index (χ0) is 15.9. The zero-order valence-corrected chi connectivity index (χ0v) is 12.7. The van der Waals surface area contributed by atoms with Gasteiger partial charge in [-0.15, -0.1) is 0 Å². The molecule has 2 aliphatic heterocycles. The lowest BCUT2D eigenvalue weighted by Crippen LogP contribution is -2.52. The van der Waals surface area contributed by atoms with Crippen molar-refractivity contribution in [3.8, 4) is 0 Å². The molecule has 2 heterocycles. The Hall–Kier alpha value is -2.37. The molecule has 0 aromatic heterocycles. The Morgan fingerprint density at radius 1 is 1.27 bits per heavy atom. The quantitative estimate of drug-likeness (QED) is 0.824. The van der Waals surface area contributed by atoms with Gasteiger partial charge in [-0.05, 0) is 32.4 Å². The van der Waals surface area contributed by atoms with Crippen molar-refractivity contribution in [1.82, 2.24) is 10.2 Å². The molecule has 1 aromatic rings. The van der Waals surface area contributed by atoms with Crippen LogP contribution in [-0.2, 0) is 16.1 Å². The summed E-state index contributed by atoms with van der Waals surface area (Å²) in [4.78, 5) is 37.4. The molecule has 0 bridgehead atoms. The van der Waals surface area contributed by atoms with E-state index in [9.17, 15) is 14.4 Å². The summed E-state index contributed by atoms with van der Waals surface area (Å²) in [5.41, 5.74) is 2.48. The molecule has 0 saturated carbocycles. The first-order valence-electron chi connectivity index (χ1n) is 7.50. The fourth-order valence-electron chi connectivity index (χ4n) is 3.03. The number of piperidine rings is 1. The average molecular weight is 301 g/mol. The van der Waals surface area contributed by atoms with E-state index in [0.29, 0.717) is 18.5 Å². The van der Waals surface area contributed by atoms with E-state index in [4.69, 9.17) is 0 Å². The van der Waals surface area contributed by atoms with Gasteiger partial charge in [0, 0.05) is 35.8 Å². The summed E-state index contributed by atoms with van der Waals surface area (Å²) in [5.74, 6) is -0.791. The minimum absolute atomic E-state index is 0.142. The normalized spacial score (nSPS) is 21.1. The number of fused-ring (bicyclic) bond motifs is 1. The Morgan fingerprint density at radius 2 is 2.05 bits per heavy atom. The summed E-state index contributed by atoms with van der Waals surface area (Å²) in [5, 5.41) is 5.65. The molecule has 6 nitrogen and oxygen atoms in total. The van der Waals surface area contributed by atoms with Crippen LogP contribution in [0.5, 0.6) is 0 Å². The fourth-order valence-corrected chi connectivity index (χ4v) is 3.03. The SMILES string of the molecule is CC(C)Nc1cccc2c1CN(C1CCC(=O)NC1=O)C2=O. The fraction of sp³-hybridized carbons (Fsp3) is 0.438. The maximum absolute atomic E-state index is 12.6. The lowest BCUT2D eigenvalue weighted by molar-refractivity contribution is -0.136. The maximum Gasteiger partial charge on any atom is 0.255 e. The number of rotatable bonds is 3. The third-order valence-electron chi connectivity index (χ3n) is 4.03. The van der Waals surface area contributed by atoms with Crippen LogP contribution in [0.25, 0.3) is 0 Å². The van der Waals surface area contributed by atoms with E-state index in [2.05, 4.69) is 10.6 Å². The van der Waals surface area contributed by atoms with Crippen molar-refractivity contribution in [2.24, 2.45) is 0 Å². The molecule has 1 aromatic carbocycles. The van der Waals surface area contributed by atoms with Crippen LogP contribution in [-0.4, -0.2) is 34.7 Å². The Kier molecular flexibility index (Phi) is 3.60. The smallest absolute Gasteiger partial charge is 0.255 e. The topological polar surface area (TPSA) is 78.5 Å². The molecule has 1 unspecified atom stereocenters. The lowest BCUT2D eigenvalue weighted by Gasteiger charge is -2.29. The van der Waals surface area contributed by atoms with Crippen LogP contribution in [0.2, 0.25) is 0 Å². The number of carbonyl (C=O) groups excluding carboxylic acids is 3. The van der Waals surface area contributed by atoms with Gasteiger partial charge in [-0.3, -0.25) is 19.7 Å². The van der Waals surface area contributed by atoms with E-state index in [0.717, 1.165) is 11.3 Å². The van der Waals surface area contributed by atoms with E-state index >= 15 is 0 Å². The minimum Gasteiger partial charge on any atom is -0.383 e. The molecule has 3 rings (SSSR count). The Balaban J connectivity index is 1.88. The summed E-state index contributed by atoms with van der Waals surface area (Å²) in [6.07, 6.45) is 0.658. The summed E-state index contributed by atoms with van der Waals surface area (Å²) < 4.78 is 0. The number of hydrogen-bond acceptors (Lipinski definition) is 4. The highest BCUT2D eigenvalue weighted by molar-refractivity contribution is 6.06. The molecule has 0 aliphatic carbocycles. The summed E-state index contributed by atoms with van der Waals surface area (Å²) in [6.45, 7) is 4.47. The van der Waals surface area contributed by atoms with Gasteiger partial charge in [0.15, 0.2) is 0 Å². The van der Waals surface area contributed by atoms with Crippen molar-refractivity contribution in [1.29, 1.82) is 0 Å². The number of benzene rings is 1. The van der Waals surface area contributed by atoms with E-state index < -0.39 is 6.04 Å². The first-order chi connectivity index (χ1) is 10.5. The van der Waals surface area contributed by atoms with E-state index in [-0.39, 0.29) is 30.2 Å².